The van der Waals surface area contributed by atoms with E-state index in [9.17, 15) is 14.0 Å². The first kappa shape index (κ1) is 13.5. The molecule has 1 aliphatic heterocycles. The molecule has 1 N–H and O–H groups in total. The number of benzene rings is 1. The fraction of sp³-hybridized carbons (Fsp3) is 0.385. The van der Waals surface area contributed by atoms with E-state index in [1.165, 1.54) is 30.2 Å². The third-order valence-corrected chi connectivity index (χ3v) is 3.17. The molecular weight excluding hydrogens is 253 g/mol. The number of anilines is 1. The minimum absolute atomic E-state index is 0.0819. The molecule has 1 amide bonds. The third kappa shape index (κ3) is 2.58. The van der Waals surface area contributed by atoms with Gasteiger partial charge >= 0.3 is 5.97 Å². The molecule has 0 spiro atoms. The van der Waals surface area contributed by atoms with Crippen LogP contribution in [0, 0.1) is 11.7 Å². The molecular formula is C13H14FNO4. The molecule has 1 atom stereocenters. The number of aliphatic hydroxyl groups excluding tert-OH is 1. The molecule has 1 heterocycles. The second kappa shape index (κ2) is 5.36. The monoisotopic (exact) mass is 267 g/mol. The van der Waals surface area contributed by atoms with E-state index in [2.05, 4.69) is 4.74 Å². The molecule has 0 bridgehead atoms. The van der Waals surface area contributed by atoms with Crippen molar-refractivity contribution in [2.24, 2.45) is 5.92 Å². The van der Waals surface area contributed by atoms with Crippen LogP contribution in [0.25, 0.3) is 0 Å². The van der Waals surface area contributed by atoms with E-state index in [0.717, 1.165) is 0 Å². The molecule has 1 aromatic rings. The molecule has 0 radical (unpaired) electrons. The Morgan fingerprint density at radius 1 is 1.58 bits per heavy atom. The summed E-state index contributed by atoms with van der Waals surface area (Å²) in [6.07, 6.45) is 0.0819. The van der Waals surface area contributed by atoms with Gasteiger partial charge in [0.15, 0.2) is 0 Å². The average Bonchev–Trinajstić information content (AvgIpc) is 2.80. The van der Waals surface area contributed by atoms with Crippen molar-refractivity contribution in [3.63, 3.8) is 0 Å². The molecule has 19 heavy (non-hydrogen) atoms. The number of ether oxygens (including phenoxy) is 1. The minimum Gasteiger partial charge on any atom is -0.469 e. The molecule has 1 unspecified atom stereocenters. The van der Waals surface area contributed by atoms with Crippen LogP contribution in [0.5, 0.6) is 0 Å². The second-order valence-electron chi connectivity index (χ2n) is 4.36. The van der Waals surface area contributed by atoms with Gasteiger partial charge in [0.2, 0.25) is 5.91 Å². The zero-order valence-electron chi connectivity index (χ0n) is 10.4. The van der Waals surface area contributed by atoms with Gasteiger partial charge in [0.1, 0.15) is 5.82 Å². The number of rotatable bonds is 3. The number of nitrogens with zero attached hydrogens (tertiary/aromatic N) is 1. The van der Waals surface area contributed by atoms with Crippen LogP contribution in [0.4, 0.5) is 10.1 Å². The summed E-state index contributed by atoms with van der Waals surface area (Å²) in [5.41, 5.74) is 0.591. The lowest BCUT2D eigenvalue weighted by molar-refractivity contribution is -0.145. The minimum atomic E-state index is -0.526. The number of aliphatic hydroxyl groups is 1. The van der Waals surface area contributed by atoms with Crippen molar-refractivity contribution in [1.29, 1.82) is 0 Å². The maximum atomic E-state index is 13.3. The quantitative estimate of drug-likeness (QED) is 0.824. The summed E-state index contributed by atoms with van der Waals surface area (Å²) in [5, 5.41) is 9.01. The van der Waals surface area contributed by atoms with Gasteiger partial charge in [0, 0.05) is 24.2 Å². The summed E-state index contributed by atoms with van der Waals surface area (Å²) in [6, 6.07) is 4.05. The van der Waals surface area contributed by atoms with E-state index < -0.39 is 24.3 Å². The Kier molecular flexibility index (Phi) is 3.80. The van der Waals surface area contributed by atoms with Crippen molar-refractivity contribution < 1.29 is 23.8 Å². The lowest BCUT2D eigenvalue weighted by Gasteiger charge is -2.17. The van der Waals surface area contributed by atoms with Gasteiger partial charge in [-0.2, -0.15) is 0 Å². The third-order valence-electron chi connectivity index (χ3n) is 3.17. The van der Waals surface area contributed by atoms with E-state index in [-0.39, 0.29) is 24.4 Å². The van der Waals surface area contributed by atoms with E-state index in [1.54, 1.807) is 0 Å². The number of halogens is 1. The number of hydrogen-bond acceptors (Lipinski definition) is 4. The molecule has 1 aliphatic rings. The van der Waals surface area contributed by atoms with Crippen molar-refractivity contribution in [3.8, 4) is 0 Å². The van der Waals surface area contributed by atoms with Crippen LogP contribution in [0.2, 0.25) is 0 Å². The Morgan fingerprint density at radius 3 is 2.95 bits per heavy atom. The molecule has 0 aromatic heterocycles. The highest BCUT2D eigenvalue weighted by molar-refractivity contribution is 5.99. The summed E-state index contributed by atoms with van der Waals surface area (Å²) in [6.45, 7) is -0.232. The van der Waals surface area contributed by atoms with Gasteiger partial charge in [0.05, 0.1) is 19.6 Å². The Morgan fingerprint density at radius 2 is 2.32 bits per heavy atom. The molecule has 0 aliphatic carbocycles. The molecule has 6 heteroatoms. The normalized spacial score (nSPS) is 18.8. The predicted octanol–water partition coefficient (Wildman–Crippen LogP) is 0.844. The van der Waals surface area contributed by atoms with Gasteiger partial charge in [0.25, 0.3) is 0 Å². The van der Waals surface area contributed by atoms with Crippen LogP contribution in [0.3, 0.4) is 0 Å². The maximum absolute atomic E-state index is 13.3. The van der Waals surface area contributed by atoms with Crippen LogP contribution in [0.1, 0.15) is 12.0 Å². The molecule has 1 saturated heterocycles. The Hall–Kier alpha value is -1.95. The van der Waals surface area contributed by atoms with Crippen molar-refractivity contribution in [3.05, 3.63) is 29.6 Å². The molecule has 1 fully saturated rings. The summed E-state index contributed by atoms with van der Waals surface area (Å²) in [7, 11) is 1.28. The number of esters is 1. The summed E-state index contributed by atoms with van der Waals surface area (Å²) in [4.78, 5) is 24.7. The van der Waals surface area contributed by atoms with Gasteiger partial charge in [-0.25, -0.2) is 4.39 Å². The highest BCUT2D eigenvalue weighted by atomic mass is 19.1. The van der Waals surface area contributed by atoms with Crippen molar-refractivity contribution in [2.45, 2.75) is 13.0 Å². The number of carbonyl (C=O) groups is 2. The first-order valence-corrected chi connectivity index (χ1v) is 5.84. The zero-order chi connectivity index (χ0) is 14.0. The number of methoxy groups -OCH3 is 1. The van der Waals surface area contributed by atoms with Gasteiger partial charge in [-0.15, -0.1) is 0 Å². The topological polar surface area (TPSA) is 66.8 Å². The van der Waals surface area contributed by atoms with E-state index in [4.69, 9.17) is 5.11 Å². The predicted molar refractivity (Wildman–Crippen MR) is 64.8 cm³/mol. The van der Waals surface area contributed by atoms with Crippen LogP contribution < -0.4 is 4.90 Å². The SMILES string of the molecule is COC(=O)C1CC(=O)N(c2ccc(F)c(CO)c2)C1. The molecule has 2 rings (SSSR count). The van der Waals surface area contributed by atoms with Gasteiger partial charge in [-0.3, -0.25) is 9.59 Å². The van der Waals surface area contributed by atoms with Crippen molar-refractivity contribution >= 4 is 17.6 Å². The summed E-state index contributed by atoms with van der Waals surface area (Å²) in [5.74, 6) is -1.67. The molecule has 102 valence electrons. The van der Waals surface area contributed by atoms with Gasteiger partial charge in [-0.1, -0.05) is 0 Å². The molecule has 1 aromatic carbocycles. The highest BCUT2D eigenvalue weighted by Gasteiger charge is 2.35. The Bertz CT molecular complexity index is 517. The molecule has 0 saturated carbocycles. The molecule has 5 nitrogen and oxygen atoms in total. The first-order valence-electron chi connectivity index (χ1n) is 5.84. The van der Waals surface area contributed by atoms with Crippen LogP contribution in [0.15, 0.2) is 18.2 Å². The van der Waals surface area contributed by atoms with Crippen molar-refractivity contribution in [2.75, 3.05) is 18.6 Å². The highest BCUT2D eigenvalue weighted by Crippen LogP contribution is 2.27. The van der Waals surface area contributed by atoms with Crippen LogP contribution >= 0.6 is 0 Å². The van der Waals surface area contributed by atoms with E-state index >= 15 is 0 Å². The smallest absolute Gasteiger partial charge is 0.311 e. The number of hydrogen-bond donors (Lipinski definition) is 1. The Labute approximate surface area is 109 Å². The standard InChI is InChI=1S/C13H14FNO4/c1-19-13(18)8-5-12(17)15(6-8)10-2-3-11(14)9(4-10)7-16/h2-4,8,16H,5-7H2,1H3. The van der Waals surface area contributed by atoms with Crippen LogP contribution in [-0.4, -0.2) is 30.6 Å². The Balaban J connectivity index is 2.23. The zero-order valence-corrected chi connectivity index (χ0v) is 10.4. The lowest BCUT2D eigenvalue weighted by atomic mass is 10.1. The number of carbonyl (C=O) groups excluding carboxylic acids is 2. The van der Waals surface area contributed by atoms with Crippen LogP contribution in [-0.2, 0) is 20.9 Å². The van der Waals surface area contributed by atoms with E-state index in [1.807, 2.05) is 0 Å². The first-order chi connectivity index (χ1) is 9.06. The van der Waals surface area contributed by atoms with Crippen molar-refractivity contribution in [1.82, 2.24) is 0 Å². The maximum Gasteiger partial charge on any atom is 0.311 e. The largest absolute Gasteiger partial charge is 0.469 e. The summed E-state index contributed by atoms with van der Waals surface area (Å²) < 4.78 is 17.9. The van der Waals surface area contributed by atoms with Gasteiger partial charge in [-0.05, 0) is 18.2 Å². The number of amides is 1. The van der Waals surface area contributed by atoms with Gasteiger partial charge < -0.3 is 14.7 Å². The fourth-order valence-electron chi connectivity index (χ4n) is 2.13. The average molecular weight is 267 g/mol. The lowest BCUT2D eigenvalue weighted by Crippen LogP contribution is -2.26. The van der Waals surface area contributed by atoms with E-state index in [0.29, 0.717) is 5.69 Å². The second-order valence-corrected chi connectivity index (χ2v) is 4.36. The summed E-state index contributed by atoms with van der Waals surface area (Å²) >= 11 is 0. The fourth-order valence-corrected chi connectivity index (χ4v) is 2.13.